The van der Waals surface area contributed by atoms with Crippen LogP contribution >= 0.6 is 23.2 Å². The van der Waals surface area contributed by atoms with Crippen molar-refractivity contribution in [3.05, 3.63) is 58.3 Å². The highest BCUT2D eigenvalue weighted by Gasteiger charge is 2.09. The number of nitrogens with one attached hydrogen (secondary N) is 1. The molecule has 0 aliphatic heterocycles. The highest BCUT2D eigenvalue weighted by atomic mass is 35.5. The summed E-state index contributed by atoms with van der Waals surface area (Å²) in [5.41, 5.74) is 2.83. The highest BCUT2D eigenvalue weighted by molar-refractivity contribution is 6.39. The van der Waals surface area contributed by atoms with Crippen LogP contribution in [-0.4, -0.2) is 9.55 Å². The quantitative estimate of drug-likeness (QED) is 0.772. The maximum atomic E-state index is 6.14. The zero-order valence-electron chi connectivity index (χ0n) is 10.9. The molecule has 3 nitrogen and oxygen atoms in total. The van der Waals surface area contributed by atoms with Crippen LogP contribution in [0.3, 0.4) is 0 Å². The summed E-state index contributed by atoms with van der Waals surface area (Å²) < 4.78 is 2.06. The summed E-state index contributed by atoms with van der Waals surface area (Å²) in [6.07, 6.45) is 0. The van der Waals surface area contributed by atoms with E-state index in [4.69, 9.17) is 23.2 Å². The molecule has 20 heavy (non-hydrogen) atoms. The van der Waals surface area contributed by atoms with E-state index in [9.17, 15) is 0 Å². The lowest BCUT2D eigenvalue weighted by molar-refractivity contribution is 0.834. The molecule has 1 N–H and O–H groups in total. The van der Waals surface area contributed by atoms with E-state index in [1.54, 1.807) is 0 Å². The van der Waals surface area contributed by atoms with Crippen molar-refractivity contribution in [2.45, 2.75) is 6.54 Å². The van der Waals surface area contributed by atoms with Gasteiger partial charge >= 0.3 is 0 Å². The van der Waals surface area contributed by atoms with Gasteiger partial charge in [-0.3, -0.25) is 0 Å². The van der Waals surface area contributed by atoms with Crippen molar-refractivity contribution in [1.82, 2.24) is 9.55 Å². The van der Waals surface area contributed by atoms with Gasteiger partial charge in [-0.15, -0.1) is 0 Å². The minimum Gasteiger partial charge on any atom is -0.375 e. The fourth-order valence-electron chi connectivity index (χ4n) is 2.19. The van der Waals surface area contributed by atoms with Gasteiger partial charge in [-0.1, -0.05) is 41.4 Å². The molecule has 2 aromatic carbocycles. The monoisotopic (exact) mass is 305 g/mol. The smallest absolute Gasteiger partial charge is 0.128 e. The van der Waals surface area contributed by atoms with Crippen molar-refractivity contribution < 1.29 is 0 Å². The van der Waals surface area contributed by atoms with E-state index in [1.165, 1.54) is 0 Å². The van der Waals surface area contributed by atoms with E-state index in [1.807, 2.05) is 49.5 Å². The van der Waals surface area contributed by atoms with Crippen LogP contribution in [0, 0.1) is 0 Å². The third kappa shape index (κ3) is 2.35. The summed E-state index contributed by atoms with van der Waals surface area (Å²) in [4.78, 5) is 4.60. The number of fused-ring (bicyclic) bond motifs is 1. The molecule has 0 spiro atoms. The molecule has 1 heterocycles. The Balaban J connectivity index is 1.89. The van der Waals surface area contributed by atoms with Gasteiger partial charge in [0, 0.05) is 7.05 Å². The van der Waals surface area contributed by atoms with E-state index in [-0.39, 0.29) is 0 Å². The second-order valence-corrected chi connectivity index (χ2v) is 5.34. The Hall–Kier alpha value is -1.71. The van der Waals surface area contributed by atoms with Crippen LogP contribution in [0.1, 0.15) is 5.82 Å². The second kappa shape index (κ2) is 5.35. The molecule has 0 fully saturated rings. The van der Waals surface area contributed by atoms with Crippen LogP contribution in [0.25, 0.3) is 11.0 Å². The lowest BCUT2D eigenvalue weighted by Crippen LogP contribution is -2.06. The zero-order chi connectivity index (χ0) is 14.1. The molecule has 0 unspecified atom stereocenters. The normalized spacial score (nSPS) is 10.9. The molecule has 0 amide bonds. The van der Waals surface area contributed by atoms with Crippen LogP contribution in [0.4, 0.5) is 5.69 Å². The molecule has 3 aromatic rings. The van der Waals surface area contributed by atoms with Crippen molar-refractivity contribution in [2.24, 2.45) is 7.05 Å². The summed E-state index contributed by atoms with van der Waals surface area (Å²) in [5.74, 6) is 0.933. The van der Waals surface area contributed by atoms with Crippen molar-refractivity contribution in [3.8, 4) is 0 Å². The van der Waals surface area contributed by atoms with E-state index in [0.717, 1.165) is 22.5 Å². The number of aryl methyl sites for hydroxylation is 1. The molecule has 0 radical (unpaired) electrons. The average Bonchev–Trinajstić information content (AvgIpc) is 2.76. The minimum absolute atomic E-state index is 0.564. The van der Waals surface area contributed by atoms with Crippen molar-refractivity contribution in [3.63, 3.8) is 0 Å². The number of benzene rings is 2. The maximum absolute atomic E-state index is 6.14. The van der Waals surface area contributed by atoms with Crippen molar-refractivity contribution in [2.75, 3.05) is 5.32 Å². The second-order valence-electron chi connectivity index (χ2n) is 4.53. The number of hydrogen-bond acceptors (Lipinski definition) is 2. The predicted molar refractivity (Wildman–Crippen MR) is 84.5 cm³/mol. The predicted octanol–water partition coefficient (Wildman–Crippen LogP) is 4.49. The van der Waals surface area contributed by atoms with Crippen LogP contribution in [0.2, 0.25) is 10.0 Å². The molecule has 0 aliphatic carbocycles. The summed E-state index contributed by atoms with van der Waals surface area (Å²) in [5, 5.41) is 4.47. The number of anilines is 1. The average molecular weight is 306 g/mol. The zero-order valence-corrected chi connectivity index (χ0v) is 12.4. The van der Waals surface area contributed by atoms with Gasteiger partial charge in [0.25, 0.3) is 0 Å². The van der Waals surface area contributed by atoms with Gasteiger partial charge in [0.15, 0.2) is 0 Å². The first kappa shape index (κ1) is 13.3. The fraction of sp³-hybridized carbons (Fsp3) is 0.133. The molecule has 0 aliphatic rings. The van der Waals surface area contributed by atoms with E-state index >= 15 is 0 Å². The Morgan fingerprint density at radius 1 is 1.05 bits per heavy atom. The number of imidazole rings is 1. The number of halogens is 2. The highest BCUT2D eigenvalue weighted by Crippen LogP contribution is 2.30. The van der Waals surface area contributed by atoms with Crippen molar-refractivity contribution in [1.29, 1.82) is 0 Å². The Kier molecular flexibility index (Phi) is 3.55. The summed E-state index contributed by atoms with van der Waals surface area (Å²) in [6, 6.07) is 13.5. The van der Waals surface area contributed by atoms with Crippen LogP contribution in [0.5, 0.6) is 0 Å². The largest absolute Gasteiger partial charge is 0.375 e. The number of para-hydroxylation sites is 3. The summed E-state index contributed by atoms with van der Waals surface area (Å²) >= 11 is 12.3. The third-order valence-electron chi connectivity index (χ3n) is 3.27. The Morgan fingerprint density at radius 3 is 2.45 bits per heavy atom. The molecule has 102 valence electrons. The van der Waals surface area contributed by atoms with Gasteiger partial charge in [0.2, 0.25) is 0 Å². The van der Waals surface area contributed by atoms with E-state index in [2.05, 4.69) is 14.9 Å². The maximum Gasteiger partial charge on any atom is 0.128 e. The first-order valence-corrected chi connectivity index (χ1v) is 7.00. The Morgan fingerprint density at radius 2 is 1.75 bits per heavy atom. The molecule has 3 rings (SSSR count). The first-order chi connectivity index (χ1) is 9.66. The van der Waals surface area contributed by atoms with Crippen molar-refractivity contribution >= 4 is 39.9 Å². The standard InChI is InChI=1S/C15H13Cl2N3/c1-20-13-8-3-2-7-12(13)19-14(20)9-18-15-10(16)5-4-6-11(15)17/h2-8,18H,9H2,1H3. The number of aromatic nitrogens is 2. The molecule has 0 atom stereocenters. The van der Waals surface area contributed by atoms with Gasteiger partial charge in [0.05, 0.1) is 33.3 Å². The van der Waals surface area contributed by atoms with Gasteiger partial charge < -0.3 is 9.88 Å². The number of nitrogens with zero attached hydrogens (tertiary/aromatic N) is 2. The van der Waals surface area contributed by atoms with Crippen LogP contribution < -0.4 is 5.32 Å². The molecule has 0 bridgehead atoms. The SMILES string of the molecule is Cn1c(CNc2c(Cl)cccc2Cl)nc2ccccc21. The Bertz CT molecular complexity index is 745. The molecular formula is C15H13Cl2N3. The Labute approximate surface area is 127 Å². The number of rotatable bonds is 3. The third-order valence-corrected chi connectivity index (χ3v) is 3.90. The van der Waals surface area contributed by atoms with E-state index in [0.29, 0.717) is 16.6 Å². The lowest BCUT2D eigenvalue weighted by Gasteiger charge is -2.10. The molecule has 0 saturated heterocycles. The number of hydrogen-bond donors (Lipinski definition) is 1. The summed E-state index contributed by atoms with van der Waals surface area (Å²) in [7, 11) is 2.00. The van der Waals surface area contributed by atoms with Gasteiger partial charge in [-0.25, -0.2) is 4.98 Å². The first-order valence-electron chi connectivity index (χ1n) is 6.25. The minimum atomic E-state index is 0.564. The fourth-order valence-corrected chi connectivity index (χ4v) is 2.72. The van der Waals surface area contributed by atoms with Crippen LogP contribution in [0.15, 0.2) is 42.5 Å². The van der Waals surface area contributed by atoms with E-state index < -0.39 is 0 Å². The van der Waals surface area contributed by atoms with Crippen LogP contribution in [-0.2, 0) is 13.6 Å². The molecule has 1 aromatic heterocycles. The van der Waals surface area contributed by atoms with Gasteiger partial charge in [-0.2, -0.15) is 0 Å². The molecular weight excluding hydrogens is 293 g/mol. The topological polar surface area (TPSA) is 29.9 Å². The molecule has 0 saturated carbocycles. The summed E-state index contributed by atoms with van der Waals surface area (Å²) in [6.45, 7) is 0.564. The molecule has 5 heteroatoms. The van der Waals surface area contributed by atoms with Gasteiger partial charge in [0.1, 0.15) is 5.82 Å². The van der Waals surface area contributed by atoms with Gasteiger partial charge in [-0.05, 0) is 24.3 Å². The lowest BCUT2D eigenvalue weighted by atomic mass is 10.3.